The van der Waals surface area contributed by atoms with E-state index in [0.29, 0.717) is 18.8 Å². The van der Waals surface area contributed by atoms with Crippen LogP contribution < -0.4 is 5.32 Å². The SMILES string of the molecule is CCN1CCN(C(=O)C(C)(C)C(=O)Nc2ccc(Br)c(C)c2)CC1. The van der Waals surface area contributed by atoms with Crippen LogP contribution in [0, 0.1) is 12.3 Å². The van der Waals surface area contributed by atoms with Gasteiger partial charge in [-0.3, -0.25) is 9.59 Å². The minimum Gasteiger partial charge on any atom is -0.339 e. The van der Waals surface area contributed by atoms with Gasteiger partial charge in [0, 0.05) is 36.3 Å². The Kier molecular flexibility index (Phi) is 6.04. The molecule has 1 aromatic carbocycles. The standard InChI is InChI=1S/C18H26BrN3O2/c1-5-21-8-10-22(11-9-21)17(24)18(3,4)16(23)20-14-6-7-15(19)13(2)12-14/h6-7,12H,5,8-11H2,1-4H3,(H,20,23). The van der Waals surface area contributed by atoms with E-state index in [9.17, 15) is 9.59 Å². The van der Waals surface area contributed by atoms with Crippen LogP contribution >= 0.6 is 15.9 Å². The van der Waals surface area contributed by atoms with E-state index in [0.717, 1.165) is 29.7 Å². The van der Waals surface area contributed by atoms with Gasteiger partial charge < -0.3 is 15.1 Å². The van der Waals surface area contributed by atoms with Gasteiger partial charge in [-0.2, -0.15) is 0 Å². The summed E-state index contributed by atoms with van der Waals surface area (Å²) in [5.74, 6) is -0.378. The molecule has 1 heterocycles. The highest BCUT2D eigenvalue weighted by atomic mass is 79.9. The van der Waals surface area contributed by atoms with E-state index in [1.807, 2.05) is 25.1 Å². The van der Waals surface area contributed by atoms with Crippen molar-refractivity contribution in [3.63, 3.8) is 0 Å². The van der Waals surface area contributed by atoms with Gasteiger partial charge in [0.1, 0.15) is 5.41 Å². The zero-order valence-electron chi connectivity index (χ0n) is 14.9. The minimum atomic E-state index is -1.09. The Hall–Kier alpha value is -1.40. The second kappa shape index (κ2) is 7.66. The Morgan fingerprint density at radius 3 is 2.38 bits per heavy atom. The molecule has 24 heavy (non-hydrogen) atoms. The highest BCUT2D eigenvalue weighted by Crippen LogP contribution is 2.25. The molecule has 0 atom stereocenters. The summed E-state index contributed by atoms with van der Waals surface area (Å²) >= 11 is 3.44. The summed E-state index contributed by atoms with van der Waals surface area (Å²) < 4.78 is 0.990. The van der Waals surface area contributed by atoms with Gasteiger partial charge in [0.15, 0.2) is 0 Å². The lowest BCUT2D eigenvalue weighted by Crippen LogP contribution is -2.54. The summed E-state index contributed by atoms with van der Waals surface area (Å²) in [6.07, 6.45) is 0. The Balaban J connectivity index is 2.03. The van der Waals surface area contributed by atoms with Crippen LogP contribution in [0.1, 0.15) is 26.3 Å². The lowest BCUT2D eigenvalue weighted by Gasteiger charge is -2.37. The third-order valence-corrected chi connectivity index (χ3v) is 5.51. The summed E-state index contributed by atoms with van der Waals surface area (Å²) in [5.41, 5.74) is 0.653. The molecule has 2 rings (SSSR count). The summed E-state index contributed by atoms with van der Waals surface area (Å²) in [7, 11) is 0. The molecule has 5 nitrogen and oxygen atoms in total. The van der Waals surface area contributed by atoms with Crippen molar-refractivity contribution in [2.75, 3.05) is 38.0 Å². The second-order valence-corrected chi connectivity index (χ2v) is 7.62. The maximum absolute atomic E-state index is 12.8. The molecule has 0 aliphatic carbocycles. The van der Waals surface area contributed by atoms with Gasteiger partial charge in [-0.25, -0.2) is 0 Å². The van der Waals surface area contributed by atoms with Crippen molar-refractivity contribution in [3.05, 3.63) is 28.2 Å². The molecule has 2 amide bonds. The zero-order chi connectivity index (χ0) is 17.9. The van der Waals surface area contributed by atoms with Crippen LogP contribution in [0.3, 0.4) is 0 Å². The van der Waals surface area contributed by atoms with Crippen LogP contribution in [0.5, 0.6) is 0 Å². The molecular formula is C18H26BrN3O2. The molecule has 1 aliphatic rings. The lowest BCUT2D eigenvalue weighted by atomic mass is 9.89. The molecule has 1 fully saturated rings. The number of amides is 2. The quantitative estimate of drug-likeness (QED) is 0.797. The van der Waals surface area contributed by atoms with Crippen LogP contribution in [0.2, 0.25) is 0 Å². The number of piperazine rings is 1. The van der Waals surface area contributed by atoms with E-state index in [2.05, 4.69) is 33.1 Å². The number of rotatable bonds is 4. The Labute approximate surface area is 152 Å². The Bertz CT molecular complexity index is 623. The number of anilines is 1. The molecule has 1 saturated heterocycles. The van der Waals surface area contributed by atoms with Crippen LogP contribution in [0.25, 0.3) is 0 Å². The van der Waals surface area contributed by atoms with E-state index >= 15 is 0 Å². The van der Waals surface area contributed by atoms with Crippen molar-refractivity contribution in [2.24, 2.45) is 5.41 Å². The van der Waals surface area contributed by atoms with Gasteiger partial charge in [0.2, 0.25) is 11.8 Å². The number of halogens is 1. The molecule has 0 unspecified atom stereocenters. The van der Waals surface area contributed by atoms with Crippen molar-refractivity contribution in [2.45, 2.75) is 27.7 Å². The smallest absolute Gasteiger partial charge is 0.239 e. The molecule has 0 spiro atoms. The molecule has 132 valence electrons. The number of benzene rings is 1. The van der Waals surface area contributed by atoms with E-state index in [1.165, 1.54) is 0 Å². The van der Waals surface area contributed by atoms with Crippen molar-refractivity contribution in [1.29, 1.82) is 0 Å². The molecule has 0 saturated carbocycles. The van der Waals surface area contributed by atoms with Crippen LogP contribution in [-0.4, -0.2) is 54.3 Å². The van der Waals surface area contributed by atoms with Gasteiger partial charge in [-0.05, 0) is 51.1 Å². The normalized spacial score (nSPS) is 16.1. The molecule has 6 heteroatoms. The topological polar surface area (TPSA) is 52.7 Å². The Morgan fingerprint density at radius 1 is 1.21 bits per heavy atom. The number of likely N-dealkylation sites (N-methyl/N-ethyl adjacent to an activating group) is 1. The third-order valence-electron chi connectivity index (χ3n) is 4.62. The number of nitrogens with one attached hydrogen (secondary N) is 1. The molecule has 1 aromatic rings. The van der Waals surface area contributed by atoms with Crippen LogP contribution in [0.4, 0.5) is 5.69 Å². The first-order chi connectivity index (χ1) is 11.3. The third kappa shape index (κ3) is 4.16. The summed E-state index contributed by atoms with van der Waals surface area (Å²) in [4.78, 5) is 29.6. The number of aryl methyl sites for hydroxylation is 1. The van der Waals surface area contributed by atoms with Crippen molar-refractivity contribution >= 4 is 33.4 Å². The predicted molar refractivity (Wildman–Crippen MR) is 100.0 cm³/mol. The number of carbonyl (C=O) groups is 2. The fourth-order valence-corrected chi connectivity index (χ4v) is 3.02. The number of nitrogens with zero attached hydrogens (tertiary/aromatic N) is 2. The Morgan fingerprint density at radius 2 is 1.83 bits per heavy atom. The highest BCUT2D eigenvalue weighted by molar-refractivity contribution is 9.10. The molecule has 0 aromatic heterocycles. The van der Waals surface area contributed by atoms with Crippen LogP contribution in [0.15, 0.2) is 22.7 Å². The lowest BCUT2D eigenvalue weighted by molar-refractivity contribution is -0.147. The maximum Gasteiger partial charge on any atom is 0.239 e. The van der Waals surface area contributed by atoms with Gasteiger partial charge in [0.05, 0.1) is 0 Å². The fourth-order valence-electron chi connectivity index (χ4n) is 2.77. The second-order valence-electron chi connectivity index (χ2n) is 6.77. The number of hydrogen-bond donors (Lipinski definition) is 1. The summed E-state index contributed by atoms with van der Waals surface area (Å²) in [6.45, 7) is 11.6. The average molecular weight is 396 g/mol. The van der Waals surface area contributed by atoms with Gasteiger partial charge >= 0.3 is 0 Å². The summed E-state index contributed by atoms with van der Waals surface area (Å²) in [5, 5.41) is 2.87. The first-order valence-electron chi connectivity index (χ1n) is 8.35. The first kappa shape index (κ1) is 18.9. The minimum absolute atomic E-state index is 0.107. The molecule has 1 aliphatic heterocycles. The van der Waals surface area contributed by atoms with E-state index in [1.54, 1.807) is 18.7 Å². The average Bonchev–Trinajstić information content (AvgIpc) is 2.57. The molecule has 1 N–H and O–H groups in total. The predicted octanol–water partition coefficient (Wildman–Crippen LogP) is 2.89. The maximum atomic E-state index is 12.8. The van der Waals surface area contributed by atoms with E-state index in [4.69, 9.17) is 0 Å². The molecular weight excluding hydrogens is 370 g/mol. The first-order valence-corrected chi connectivity index (χ1v) is 9.14. The zero-order valence-corrected chi connectivity index (χ0v) is 16.4. The van der Waals surface area contributed by atoms with Gasteiger partial charge in [-0.15, -0.1) is 0 Å². The number of carbonyl (C=O) groups excluding carboxylic acids is 2. The van der Waals surface area contributed by atoms with E-state index < -0.39 is 5.41 Å². The molecule has 0 bridgehead atoms. The van der Waals surface area contributed by atoms with Crippen molar-refractivity contribution < 1.29 is 9.59 Å². The largest absolute Gasteiger partial charge is 0.339 e. The van der Waals surface area contributed by atoms with Gasteiger partial charge in [-0.1, -0.05) is 22.9 Å². The van der Waals surface area contributed by atoms with Crippen molar-refractivity contribution in [1.82, 2.24) is 9.80 Å². The monoisotopic (exact) mass is 395 g/mol. The number of hydrogen-bond acceptors (Lipinski definition) is 3. The fraction of sp³-hybridized carbons (Fsp3) is 0.556. The van der Waals surface area contributed by atoms with E-state index in [-0.39, 0.29) is 11.8 Å². The summed E-state index contributed by atoms with van der Waals surface area (Å²) in [6, 6.07) is 5.61. The van der Waals surface area contributed by atoms with Gasteiger partial charge in [0.25, 0.3) is 0 Å². The van der Waals surface area contributed by atoms with Crippen LogP contribution in [-0.2, 0) is 9.59 Å². The molecule has 0 radical (unpaired) electrons. The highest BCUT2D eigenvalue weighted by Gasteiger charge is 2.40. The van der Waals surface area contributed by atoms with Crippen molar-refractivity contribution in [3.8, 4) is 0 Å².